The molecule has 9 nitrogen and oxygen atoms in total. The van der Waals surface area contributed by atoms with E-state index in [1.54, 1.807) is 6.07 Å². The third kappa shape index (κ3) is 14.0. The first-order chi connectivity index (χ1) is 22.3. The first kappa shape index (κ1) is 36.6. The van der Waals surface area contributed by atoms with Gasteiger partial charge in [0.05, 0.1) is 30.9 Å². The van der Waals surface area contributed by atoms with Gasteiger partial charge in [-0.15, -0.1) is 0 Å². The van der Waals surface area contributed by atoms with E-state index in [0.29, 0.717) is 35.3 Å². The van der Waals surface area contributed by atoms with Crippen molar-refractivity contribution in [2.45, 2.75) is 38.0 Å². The Balaban J connectivity index is 1.30. The predicted molar refractivity (Wildman–Crippen MR) is 164 cm³/mol. The number of ether oxygens (including phenoxy) is 5. The molecule has 0 aliphatic heterocycles. The highest BCUT2D eigenvalue weighted by atomic mass is 19.4. The van der Waals surface area contributed by atoms with Crippen LogP contribution in [-0.2, 0) is 25.1 Å². The molecule has 0 spiro atoms. The van der Waals surface area contributed by atoms with Crippen molar-refractivity contribution in [2.24, 2.45) is 0 Å². The molecule has 0 saturated carbocycles. The molecule has 0 radical (unpaired) electrons. The van der Waals surface area contributed by atoms with Crippen molar-refractivity contribution in [1.29, 1.82) is 0 Å². The summed E-state index contributed by atoms with van der Waals surface area (Å²) < 4.78 is 90.3. The second kappa shape index (κ2) is 17.7. The number of unbranched alkanes of at least 4 members (excludes halogenated alkanes) is 3. The Hall–Kier alpha value is -4.85. The van der Waals surface area contributed by atoms with Crippen LogP contribution in [0.25, 0.3) is 6.08 Å². The molecule has 3 aromatic carbocycles. The lowest BCUT2D eigenvalue weighted by Crippen LogP contribution is -2.21. The number of benzene rings is 3. The highest BCUT2D eigenvalue weighted by molar-refractivity contribution is 5.91. The van der Waals surface area contributed by atoms with Crippen molar-refractivity contribution < 1.29 is 55.2 Å². The van der Waals surface area contributed by atoms with Crippen LogP contribution >= 0.6 is 0 Å². The molecule has 47 heavy (non-hydrogen) atoms. The minimum Gasteiger partial charge on any atom is -0.491 e. The Labute approximate surface area is 268 Å². The lowest BCUT2D eigenvalue weighted by molar-refractivity contribution is -0.185. The van der Waals surface area contributed by atoms with Gasteiger partial charge in [-0.2, -0.15) is 22.0 Å². The molecule has 0 heterocycles. The summed E-state index contributed by atoms with van der Waals surface area (Å²) in [4.78, 5) is 24.1. The van der Waals surface area contributed by atoms with Gasteiger partial charge in [0.25, 0.3) is 0 Å². The number of rotatable bonds is 18. The molecular weight excluding hydrogens is 631 g/mol. The summed E-state index contributed by atoms with van der Waals surface area (Å²) in [6, 6.07) is 14.8. The number of carbonyl (C=O) groups excluding carboxylic acids is 2. The maximum Gasteiger partial charge on any atom is 0.426 e. The maximum absolute atomic E-state index is 14.7. The Morgan fingerprint density at radius 3 is 1.91 bits per heavy atom. The van der Waals surface area contributed by atoms with Gasteiger partial charge >= 0.3 is 24.2 Å². The van der Waals surface area contributed by atoms with Gasteiger partial charge in [-0.05, 0) is 91.9 Å². The van der Waals surface area contributed by atoms with Gasteiger partial charge in [-0.25, -0.2) is 9.59 Å². The fraction of sp³-hybridized carbons (Fsp3) is 0.333. The van der Waals surface area contributed by atoms with Gasteiger partial charge in [0.2, 0.25) is 0 Å². The summed E-state index contributed by atoms with van der Waals surface area (Å²) in [7, 11) is 0. The van der Waals surface area contributed by atoms with Gasteiger partial charge in [0.1, 0.15) is 24.7 Å². The van der Waals surface area contributed by atoms with Crippen LogP contribution in [0.3, 0.4) is 0 Å². The molecule has 254 valence electrons. The zero-order valence-electron chi connectivity index (χ0n) is 25.3. The average Bonchev–Trinajstić information content (AvgIpc) is 3.00. The summed E-state index contributed by atoms with van der Waals surface area (Å²) in [6.07, 6.45) is -2.66. The van der Waals surface area contributed by atoms with Crippen LogP contribution in [0.5, 0.6) is 11.5 Å². The van der Waals surface area contributed by atoms with Crippen LogP contribution in [0.2, 0.25) is 0 Å². The first-order valence-corrected chi connectivity index (χ1v) is 14.5. The van der Waals surface area contributed by atoms with Crippen LogP contribution < -0.4 is 20.9 Å². The summed E-state index contributed by atoms with van der Waals surface area (Å²) in [5, 5.41) is 0. The number of carbonyl (C=O) groups is 2. The lowest BCUT2D eigenvalue weighted by atomic mass is 10.2. The van der Waals surface area contributed by atoms with Gasteiger partial charge in [0, 0.05) is 17.5 Å². The third-order valence-corrected chi connectivity index (χ3v) is 6.22. The van der Waals surface area contributed by atoms with Crippen LogP contribution in [0.4, 0.5) is 33.3 Å². The largest absolute Gasteiger partial charge is 0.491 e. The number of halogens is 5. The molecule has 0 amide bonds. The Bertz CT molecular complexity index is 1440. The smallest absolute Gasteiger partial charge is 0.426 e. The van der Waals surface area contributed by atoms with Crippen molar-refractivity contribution in [2.75, 3.05) is 44.5 Å². The normalized spacial score (nSPS) is 11.8. The number of nitrogen functional groups attached to an aromatic ring is 2. The molecule has 3 aromatic rings. The minimum absolute atomic E-state index is 0.124. The van der Waals surface area contributed by atoms with E-state index in [2.05, 4.69) is 4.74 Å². The lowest BCUT2D eigenvalue weighted by Gasteiger charge is -2.18. The SMILES string of the molecule is Nc1cc(N)cc(C(=O)OCCCCCCOC(=O)/C=C/c2ccc(OC(F)(F)c3ccc(OCCOCC(F)(F)F)cc3)cc2)c1. The number of hydrogen-bond donors (Lipinski definition) is 2. The maximum atomic E-state index is 14.7. The second-order valence-electron chi connectivity index (χ2n) is 10.2. The molecule has 0 aromatic heterocycles. The van der Waals surface area contributed by atoms with Crippen molar-refractivity contribution in [3.05, 3.63) is 89.5 Å². The summed E-state index contributed by atoms with van der Waals surface area (Å²) in [5.74, 6) is -1.01. The Morgan fingerprint density at radius 1 is 0.702 bits per heavy atom. The van der Waals surface area contributed by atoms with Crippen LogP contribution in [0.15, 0.2) is 72.8 Å². The van der Waals surface area contributed by atoms with Crippen molar-refractivity contribution in [3.63, 3.8) is 0 Å². The minimum atomic E-state index is -4.44. The highest BCUT2D eigenvalue weighted by Crippen LogP contribution is 2.32. The van der Waals surface area contributed by atoms with Crippen LogP contribution in [-0.4, -0.2) is 51.1 Å². The Morgan fingerprint density at radius 2 is 1.30 bits per heavy atom. The average molecular weight is 667 g/mol. The van der Waals surface area contributed by atoms with E-state index in [9.17, 15) is 31.5 Å². The summed E-state index contributed by atoms with van der Waals surface area (Å²) >= 11 is 0. The number of alkyl halides is 5. The van der Waals surface area contributed by atoms with Gasteiger partial charge in [-0.3, -0.25) is 0 Å². The molecule has 0 bridgehead atoms. The van der Waals surface area contributed by atoms with Crippen LogP contribution in [0, 0.1) is 0 Å². The van der Waals surface area contributed by atoms with Gasteiger partial charge in [0.15, 0.2) is 0 Å². The van der Waals surface area contributed by atoms with E-state index < -0.39 is 36.4 Å². The third-order valence-electron chi connectivity index (χ3n) is 6.22. The molecule has 3 rings (SSSR count). The zero-order chi connectivity index (χ0) is 34.3. The van der Waals surface area contributed by atoms with Crippen molar-refractivity contribution in [3.8, 4) is 11.5 Å². The van der Waals surface area contributed by atoms with E-state index in [0.717, 1.165) is 25.0 Å². The van der Waals surface area contributed by atoms with E-state index in [1.165, 1.54) is 60.7 Å². The molecule has 0 aliphatic carbocycles. The Kier molecular flexibility index (Phi) is 13.8. The van der Waals surface area contributed by atoms with Gasteiger partial charge in [-0.1, -0.05) is 12.1 Å². The van der Waals surface area contributed by atoms with E-state index in [-0.39, 0.29) is 37.9 Å². The molecule has 0 fully saturated rings. The second-order valence-corrected chi connectivity index (χ2v) is 10.2. The molecule has 0 unspecified atom stereocenters. The highest BCUT2D eigenvalue weighted by Gasteiger charge is 2.34. The first-order valence-electron chi connectivity index (χ1n) is 14.5. The van der Waals surface area contributed by atoms with E-state index in [4.69, 9.17) is 30.4 Å². The zero-order valence-corrected chi connectivity index (χ0v) is 25.3. The van der Waals surface area contributed by atoms with E-state index in [1.807, 2.05) is 0 Å². The fourth-order valence-corrected chi connectivity index (χ4v) is 3.99. The van der Waals surface area contributed by atoms with Crippen molar-refractivity contribution >= 4 is 29.4 Å². The molecule has 0 saturated heterocycles. The standard InChI is InChI=1S/C33H35F5N2O7/c34-32(35,36)22-43-17-18-44-28-12-8-25(9-13-28)33(37,38)47-29-10-5-23(6-11-29)7-14-30(41)45-15-3-1-2-4-16-46-31(42)24-19-26(39)21-27(40)20-24/h5-14,19-21H,1-4,15-18,22,39-40H2/b14-7+. The molecular formula is C33H35F5N2O7. The number of hydrogen-bond acceptors (Lipinski definition) is 9. The molecule has 0 aliphatic rings. The summed E-state index contributed by atoms with van der Waals surface area (Å²) in [6.45, 7) is -1.47. The number of esters is 2. The van der Waals surface area contributed by atoms with E-state index >= 15 is 0 Å². The molecule has 4 N–H and O–H groups in total. The quantitative estimate of drug-likeness (QED) is 0.0489. The number of anilines is 2. The monoisotopic (exact) mass is 666 g/mol. The molecule has 0 atom stereocenters. The molecule has 14 heteroatoms. The number of nitrogens with two attached hydrogens (primary N) is 2. The predicted octanol–water partition coefficient (Wildman–Crippen LogP) is 6.91. The summed E-state index contributed by atoms with van der Waals surface area (Å²) in [5.41, 5.74) is 12.5. The fourth-order valence-electron chi connectivity index (χ4n) is 3.99. The van der Waals surface area contributed by atoms with Gasteiger partial charge < -0.3 is 35.2 Å². The van der Waals surface area contributed by atoms with Crippen molar-refractivity contribution in [1.82, 2.24) is 0 Å². The van der Waals surface area contributed by atoms with Crippen LogP contribution in [0.1, 0.15) is 47.2 Å². The topological polar surface area (TPSA) is 132 Å².